The van der Waals surface area contributed by atoms with Gasteiger partial charge in [-0.3, -0.25) is 0 Å². The molecule has 0 spiro atoms. The molecule has 1 saturated heterocycles. The van der Waals surface area contributed by atoms with E-state index in [1.165, 1.54) is 0 Å². The van der Waals surface area contributed by atoms with Crippen LogP contribution in [0, 0.1) is 6.92 Å². The Labute approximate surface area is 83.9 Å². The maximum Gasteiger partial charge on any atom is 0.135 e. The van der Waals surface area contributed by atoms with Crippen molar-refractivity contribution in [3.05, 3.63) is 17.2 Å². The predicted molar refractivity (Wildman–Crippen MR) is 54.0 cm³/mol. The van der Waals surface area contributed by atoms with Crippen LogP contribution in [0.2, 0.25) is 0 Å². The van der Waals surface area contributed by atoms with Crippen molar-refractivity contribution < 1.29 is 4.74 Å². The predicted octanol–water partition coefficient (Wildman–Crippen LogP) is 1.07. The molecule has 0 amide bonds. The third-order valence-corrected chi connectivity index (χ3v) is 2.62. The lowest BCUT2D eigenvalue weighted by Gasteiger charge is -2.03. The minimum absolute atomic E-state index is 0.181. The van der Waals surface area contributed by atoms with Gasteiger partial charge in [0.25, 0.3) is 0 Å². The van der Waals surface area contributed by atoms with Gasteiger partial charge in [-0.1, -0.05) is 0 Å². The third kappa shape index (κ3) is 1.81. The Balaban J connectivity index is 2.14. The lowest BCUT2D eigenvalue weighted by atomic mass is 10.2. The number of ether oxygens (including phenoxy) is 1. The zero-order valence-corrected chi connectivity index (χ0v) is 8.55. The molecule has 14 heavy (non-hydrogen) atoms. The van der Waals surface area contributed by atoms with Crippen LogP contribution in [0.3, 0.4) is 0 Å². The Morgan fingerprint density at radius 2 is 2.50 bits per heavy atom. The van der Waals surface area contributed by atoms with Crippen LogP contribution in [0.1, 0.15) is 36.2 Å². The zero-order valence-electron chi connectivity index (χ0n) is 8.55. The number of nitrogens with two attached hydrogens (primary N) is 1. The molecular weight excluding hydrogens is 178 g/mol. The van der Waals surface area contributed by atoms with Crippen LogP contribution in [0.5, 0.6) is 0 Å². The highest BCUT2D eigenvalue weighted by molar-refractivity contribution is 5.15. The van der Waals surface area contributed by atoms with E-state index in [0.29, 0.717) is 6.54 Å². The summed E-state index contributed by atoms with van der Waals surface area (Å²) in [6, 6.07) is 0. The summed E-state index contributed by atoms with van der Waals surface area (Å²) in [5.41, 5.74) is 7.71. The number of aromatic amines is 1. The zero-order chi connectivity index (χ0) is 9.97. The van der Waals surface area contributed by atoms with Crippen molar-refractivity contribution in [2.75, 3.05) is 13.2 Å². The SMILES string of the molecule is Cc1[nH]c(C2CCCO2)nc1CCN. The summed E-state index contributed by atoms with van der Waals surface area (Å²) >= 11 is 0. The second kappa shape index (κ2) is 4.11. The summed E-state index contributed by atoms with van der Waals surface area (Å²) in [6.45, 7) is 3.55. The van der Waals surface area contributed by atoms with Crippen LogP contribution in [0.25, 0.3) is 0 Å². The van der Waals surface area contributed by atoms with Crippen LogP contribution < -0.4 is 5.73 Å². The van der Waals surface area contributed by atoms with Gasteiger partial charge in [-0.05, 0) is 26.3 Å². The highest BCUT2D eigenvalue weighted by Crippen LogP contribution is 2.26. The molecule has 1 aliphatic rings. The number of aromatic nitrogens is 2. The quantitative estimate of drug-likeness (QED) is 0.758. The highest BCUT2D eigenvalue weighted by atomic mass is 16.5. The maximum atomic E-state index is 5.56. The summed E-state index contributed by atoms with van der Waals surface area (Å²) in [4.78, 5) is 7.80. The monoisotopic (exact) mass is 195 g/mol. The Bertz CT molecular complexity index is 302. The number of rotatable bonds is 3. The minimum atomic E-state index is 0.181. The van der Waals surface area contributed by atoms with E-state index in [4.69, 9.17) is 10.5 Å². The normalized spacial score (nSPS) is 21.7. The number of nitrogens with zero attached hydrogens (tertiary/aromatic N) is 1. The Kier molecular flexibility index (Phi) is 2.84. The molecule has 1 fully saturated rings. The van der Waals surface area contributed by atoms with Gasteiger partial charge in [0.15, 0.2) is 0 Å². The second-order valence-electron chi connectivity index (χ2n) is 3.73. The summed E-state index contributed by atoms with van der Waals surface area (Å²) in [5, 5.41) is 0. The van der Waals surface area contributed by atoms with Crippen LogP contribution in [0.4, 0.5) is 0 Å². The van der Waals surface area contributed by atoms with Crippen molar-refractivity contribution >= 4 is 0 Å². The Morgan fingerprint density at radius 3 is 3.14 bits per heavy atom. The van der Waals surface area contributed by atoms with Gasteiger partial charge in [0.05, 0.1) is 5.69 Å². The molecule has 1 atom stereocenters. The molecule has 0 aliphatic carbocycles. The first-order valence-corrected chi connectivity index (χ1v) is 5.18. The van der Waals surface area contributed by atoms with E-state index in [9.17, 15) is 0 Å². The summed E-state index contributed by atoms with van der Waals surface area (Å²) < 4.78 is 5.56. The number of nitrogens with one attached hydrogen (secondary N) is 1. The number of hydrogen-bond acceptors (Lipinski definition) is 3. The molecule has 0 radical (unpaired) electrons. The molecule has 78 valence electrons. The molecule has 0 saturated carbocycles. The summed E-state index contributed by atoms with van der Waals surface area (Å²) in [6.07, 6.45) is 3.24. The molecule has 0 aromatic carbocycles. The molecule has 2 heterocycles. The molecule has 0 bridgehead atoms. The van der Waals surface area contributed by atoms with Gasteiger partial charge < -0.3 is 15.5 Å². The molecular formula is C10H17N3O. The lowest BCUT2D eigenvalue weighted by molar-refractivity contribution is 0.105. The first-order valence-electron chi connectivity index (χ1n) is 5.18. The third-order valence-electron chi connectivity index (χ3n) is 2.62. The molecule has 4 heteroatoms. The van der Waals surface area contributed by atoms with Gasteiger partial charge in [0.1, 0.15) is 11.9 Å². The first-order chi connectivity index (χ1) is 6.81. The lowest BCUT2D eigenvalue weighted by Crippen LogP contribution is -2.04. The number of aryl methyl sites for hydroxylation is 1. The Hall–Kier alpha value is -0.870. The summed E-state index contributed by atoms with van der Waals surface area (Å²) in [5.74, 6) is 0.975. The van der Waals surface area contributed by atoms with Crippen molar-refractivity contribution in [1.82, 2.24) is 9.97 Å². The van der Waals surface area contributed by atoms with Gasteiger partial charge in [-0.2, -0.15) is 0 Å². The average molecular weight is 195 g/mol. The smallest absolute Gasteiger partial charge is 0.135 e. The van der Waals surface area contributed by atoms with Crippen LogP contribution in [-0.4, -0.2) is 23.1 Å². The average Bonchev–Trinajstić information content (AvgIpc) is 2.76. The van der Waals surface area contributed by atoms with Crippen LogP contribution >= 0.6 is 0 Å². The van der Waals surface area contributed by atoms with E-state index in [1.807, 2.05) is 6.92 Å². The highest BCUT2D eigenvalue weighted by Gasteiger charge is 2.21. The fourth-order valence-corrected chi connectivity index (χ4v) is 1.85. The van der Waals surface area contributed by atoms with E-state index in [-0.39, 0.29) is 6.10 Å². The molecule has 1 aliphatic heterocycles. The maximum absolute atomic E-state index is 5.56. The van der Waals surface area contributed by atoms with Crippen molar-refractivity contribution in [3.63, 3.8) is 0 Å². The number of imidazole rings is 1. The van der Waals surface area contributed by atoms with E-state index >= 15 is 0 Å². The molecule has 4 nitrogen and oxygen atoms in total. The van der Waals surface area contributed by atoms with Gasteiger partial charge in [-0.15, -0.1) is 0 Å². The van der Waals surface area contributed by atoms with Crippen molar-refractivity contribution in [2.24, 2.45) is 5.73 Å². The van der Waals surface area contributed by atoms with Crippen LogP contribution in [0.15, 0.2) is 0 Å². The first kappa shape index (κ1) is 9.68. The molecule has 1 aromatic rings. The largest absolute Gasteiger partial charge is 0.370 e. The molecule has 3 N–H and O–H groups in total. The Morgan fingerprint density at radius 1 is 1.64 bits per heavy atom. The van der Waals surface area contributed by atoms with Crippen molar-refractivity contribution in [1.29, 1.82) is 0 Å². The number of hydrogen-bond donors (Lipinski definition) is 2. The van der Waals surface area contributed by atoms with Crippen molar-refractivity contribution in [2.45, 2.75) is 32.3 Å². The molecule has 2 rings (SSSR count). The van der Waals surface area contributed by atoms with E-state index in [0.717, 1.165) is 43.1 Å². The van der Waals surface area contributed by atoms with Crippen molar-refractivity contribution in [3.8, 4) is 0 Å². The van der Waals surface area contributed by atoms with Gasteiger partial charge >= 0.3 is 0 Å². The standard InChI is InChI=1S/C10H17N3O/c1-7-8(4-5-11)13-10(12-7)9-3-2-6-14-9/h9H,2-6,11H2,1H3,(H,12,13). The van der Waals surface area contributed by atoms with E-state index in [2.05, 4.69) is 9.97 Å². The second-order valence-corrected chi connectivity index (χ2v) is 3.73. The van der Waals surface area contributed by atoms with E-state index in [1.54, 1.807) is 0 Å². The van der Waals surface area contributed by atoms with E-state index < -0.39 is 0 Å². The topological polar surface area (TPSA) is 63.9 Å². The fourth-order valence-electron chi connectivity index (χ4n) is 1.85. The molecule has 1 unspecified atom stereocenters. The van der Waals surface area contributed by atoms with Crippen LogP contribution in [-0.2, 0) is 11.2 Å². The fraction of sp³-hybridized carbons (Fsp3) is 0.700. The van der Waals surface area contributed by atoms with Gasteiger partial charge in [-0.25, -0.2) is 4.98 Å². The summed E-state index contributed by atoms with van der Waals surface area (Å²) in [7, 11) is 0. The van der Waals surface area contributed by atoms with Gasteiger partial charge in [0.2, 0.25) is 0 Å². The minimum Gasteiger partial charge on any atom is -0.370 e. The van der Waals surface area contributed by atoms with Gasteiger partial charge in [0, 0.05) is 18.7 Å². The number of H-pyrrole nitrogens is 1. The molecule has 1 aromatic heterocycles.